The Balaban J connectivity index is 0.00000312. The Morgan fingerprint density at radius 2 is 1.88 bits per heavy atom. The largest absolute Gasteiger partial charge is 0.381 e. The minimum atomic E-state index is 0. The quantitative estimate of drug-likeness (QED) is 0.403. The van der Waals surface area contributed by atoms with E-state index in [4.69, 9.17) is 4.74 Å². The second-order valence-corrected chi connectivity index (χ2v) is 6.94. The Kier molecular flexibility index (Phi) is 9.16. The van der Waals surface area contributed by atoms with Gasteiger partial charge in [0, 0.05) is 38.9 Å². The van der Waals surface area contributed by atoms with Crippen LogP contribution in [0.4, 0.5) is 0 Å². The van der Waals surface area contributed by atoms with Crippen LogP contribution in [0.5, 0.6) is 0 Å². The molecular weight excluding hydrogens is 427 g/mol. The highest BCUT2D eigenvalue weighted by Crippen LogP contribution is 2.25. The van der Waals surface area contributed by atoms with Gasteiger partial charge in [0.25, 0.3) is 0 Å². The van der Waals surface area contributed by atoms with Crippen molar-refractivity contribution in [2.75, 3.05) is 40.9 Å². The number of nitrogens with one attached hydrogen (secondary N) is 2. The number of nitrogens with zero attached hydrogens (tertiary/aromatic N) is 2. The van der Waals surface area contributed by atoms with Crippen molar-refractivity contribution < 1.29 is 4.74 Å². The maximum atomic E-state index is 5.54. The molecule has 0 amide bonds. The summed E-state index contributed by atoms with van der Waals surface area (Å²) < 4.78 is 5.54. The van der Waals surface area contributed by atoms with Crippen LogP contribution in [-0.2, 0) is 11.3 Å². The smallest absolute Gasteiger partial charge is 0.191 e. The van der Waals surface area contributed by atoms with Gasteiger partial charge in [-0.05, 0) is 51.9 Å². The number of hydrogen-bond acceptors (Lipinski definition) is 3. The lowest BCUT2D eigenvalue weighted by molar-refractivity contribution is -0.00501. The Morgan fingerprint density at radius 3 is 2.44 bits per heavy atom. The van der Waals surface area contributed by atoms with Crippen LogP contribution in [0.25, 0.3) is 0 Å². The molecule has 1 heterocycles. The summed E-state index contributed by atoms with van der Waals surface area (Å²) in [6, 6.07) is 6.56. The number of likely N-dealkylation sites (N-methyl/N-ethyl adjacent to an activating group) is 1. The second-order valence-electron chi connectivity index (χ2n) is 6.94. The summed E-state index contributed by atoms with van der Waals surface area (Å²) >= 11 is 0. The van der Waals surface area contributed by atoms with Crippen LogP contribution in [-0.4, -0.2) is 57.3 Å². The van der Waals surface area contributed by atoms with Gasteiger partial charge in [0.1, 0.15) is 0 Å². The molecule has 142 valence electrons. The molecule has 1 aromatic carbocycles. The molecule has 5 nitrogen and oxygen atoms in total. The molecule has 0 aromatic heterocycles. The summed E-state index contributed by atoms with van der Waals surface area (Å²) in [5.41, 5.74) is 4.05. The molecule has 1 aromatic rings. The third-order valence-electron chi connectivity index (χ3n) is 5.13. The molecule has 0 radical (unpaired) electrons. The Bertz CT molecular complexity index is 569. The van der Waals surface area contributed by atoms with Gasteiger partial charge in [-0.15, -0.1) is 24.0 Å². The van der Waals surface area contributed by atoms with Crippen LogP contribution in [0.1, 0.15) is 29.5 Å². The van der Waals surface area contributed by atoms with Gasteiger partial charge < -0.3 is 20.3 Å². The Labute approximate surface area is 169 Å². The van der Waals surface area contributed by atoms with Gasteiger partial charge in [0.05, 0.1) is 0 Å². The van der Waals surface area contributed by atoms with Gasteiger partial charge in [-0.3, -0.25) is 4.99 Å². The number of ether oxygens (including phenoxy) is 1. The summed E-state index contributed by atoms with van der Waals surface area (Å²) in [6.45, 7) is 7.59. The zero-order valence-electron chi connectivity index (χ0n) is 16.2. The zero-order chi connectivity index (χ0) is 17.6. The van der Waals surface area contributed by atoms with E-state index in [1.165, 1.54) is 16.7 Å². The van der Waals surface area contributed by atoms with Crippen LogP contribution in [0, 0.1) is 13.8 Å². The number of benzene rings is 1. The Morgan fingerprint density at radius 1 is 1.20 bits per heavy atom. The minimum absolute atomic E-state index is 0. The predicted molar refractivity (Wildman–Crippen MR) is 116 cm³/mol. The maximum absolute atomic E-state index is 5.54. The van der Waals surface area contributed by atoms with Crippen molar-refractivity contribution in [2.45, 2.75) is 38.8 Å². The lowest BCUT2D eigenvalue weighted by Gasteiger charge is -2.43. The van der Waals surface area contributed by atoms with Gasteiger partial charge in [0.2, 0.25) is 0 Å². The first-order valence-electron chi connectivity index (χ1n) is 8.73. The van der Waals surface area contributed by atoms with Crippen molar-refractivity contribution in [3.63, 3.8) is 0 Å². The first-order chi connectivity index (χ1) is 11.5. The van der Waals surface area contributed by atoms with Gasteiger partial charge >= 0.3 is 0 Å². The highest BCUT2D eigenvalue weighted by atomic mass is 127. The fourth-order valence-electron chi connectivity index (χ4n) is 3.23. The number of guanidine groups is 1. The number of hydrogen-bond donors (Lipinski definition) is 2. The van der Waals surface area contributed by atoms with Crippen LogP contribution in [0.3, 0.4) is 0 Å². The van der Waals surface area contributed by atoms with Crippen molar-refractivity contribution in [1.82, 2.24) is 15.5 Å². The molecule has 0 saturated carbocycles. The van der Waals surface area contributed by atoms with Crippen molar-refractivity contribution in [3.05, 3.63) is 34.9 Å². The fraction of sp³-hybridized carbons (Fsp3) is 0.632. The molecule has 0 atom stereocenters. The monoisotopic (exact) mass is 460 g/mol. The van der Waals surface area contributed by atoms with Crippen molar-refractivity contribution in [3.8, 4) is 0 Å². The van der Waals surface area contributed by atoms with E-state index < -0.39 is 0 Å². The summed E-state index contributed by atoms with van der Waals surface area (Å²) in [4.78, 5) is 6.69. The van der Waals surface area contributed by atoms with E-state index in [1.54, 1.807) is 0 Å². The van der Waals surface area contributed by atoms with Crippen molar-refractivity contribution >= 4 is 29.9 Å². The topological polar surface area (TPSA) is 48.9 Å². The SMILES string of the molecule is CN=C(NCc1ccc(C)cc1C)NCC1(N(C)C)CCOCC1.I. The number of halogens is 1. The molecule has 0 unspecified atom stereocenters. The molecule has 0 spiro atoms. The third-order valence-corrected chi connectivity index (χ3v) is 5.13. The van der Waals surface area contributed by atoms with Crippen LogP contribution < -0.4 is 10.6 Å². The van der Waals surface area contributed by atoms with E-state index in [0.717, 1.165) is 45.1 Å². The highest BCUT2D eigenvalue weighted by molar-refractivity contribution is 14.0. The van der Waals surface area contributed by atoms with E-state index in [0.29, 0.717) is 0 Å². The highest BCUT2D eigenvalue weighted by Gasteiger charge is 2.34. The van der Waals surface area contributed by atoms with Crippen LogP contribution in [0.15, 0.2) is 23.2 Å². The molecule has 0 aliphatic carbocycles. The summed E-state index contributed by atoms with van der Waals surface area (Å²) in [5, 5.41) is 6.93. The first-order valence-corrected chi connectivity index (χ1v) is 8.73. The van der Waals surface area contributed by atoms with Crippen LogP contribution >= 0.6 is 24.0 Å². The van der Waals surface area contributed by atoms with Gasteiger partial charge in [-0.2, -0.15) is 0 Å². The standard InChI is InChI=1S/C19H32N4O.HI/c1-15-6-7-17(16(2)12-15)13-21-18(20-3)22-14-19(23(4)5)8-10-24-11-9-19;/h6-7,12H,8-11,13-14H2,1-5H3,(H2,20,21,22);1H. The molecule has 6 heteroatoms. The maximum Gasteiger partial charge on any atom is 0.191 e. The van der Waals surface area contributed by atoms with Crippen LogP contribution in [0.2, 0.25) is 0 Å². The van der Waals surface area contributed by atoms with Gasteiger partial charge in [-0.25, -0.2) is 0 Å². The zero-order valence-corrected chi connectivity index (χ0v) is 18.5. The molecule has 25 heavy (non-hydrogen) atoms. The van der Waals surface area contributed by atoms with E-state index >= 15 is 0 Å². The van der Waals surface area contributed by atoms with Crippen molar-refractivity contribution in [1.29, 1.82) is 0 Å². The number of rotatable bonds is 5. The molecule has 1 aliphatic heterocycles. The van der Waals surface area contributed by atoms with Gasteiger partial charge in [0.15, 0.2) is 5.96 Å². The third kappa shape index (κ3) is 6.11. The second kappa shape index (κ2) is 10.3. The summed E-state index contributed by atoms with van der Waals surface area (Å²) in [7, 11) is 6.13. The number of aliphatic imine (C=N–C) groups is 1. The van der Waals surface area contributed by atoms with E-state index in [-0.39, 0.29) is 29.5 Å². The molecule has 2 rings (SSSR count). The minimum Gasteiger partial charge on any atom is -0.381 e. The first kappa shape index (κ1) is 22.2. The summed E-state index contributed by atoms with van der Waals surface area (Å²) in [6.07, 6.45) is 2.09. The predicted octanol–water partition coefficient (Wildman–Crippen LogP) is 2.70. The molecule has 1 fully saturated rings. The lowest BCUT2D eigenvalue weighted by atomic mass is 9.88. The summed E-state index contributed by atoms with van der Waals surface area (Å²) in [5.74, 6) is 0.850. The average Bonchev–Trinajstić information content (AvgIpc) is 2.57. The molecule has 2 N–H and O–H groups in total. The molecule has 0 bridgehead atoms. The van der Waals surface area contributed by atoms with E-state index in [9.17, 15) is 0 Å². The molecule has 1 aliphatic rings. The lowest BCUT2D eigenvalue weighted by Crippen LogP contribution is -2.57. The van der Waals surface area contributed by atoms with Crippen molar-refractivity contribution in [2.24, 2.45) is 4.99 Å². The van der Waals surface area contributed by atoms with E-state index in [1.807, 2.05) is 7.05 Å². The normalized spacial score (nSPS) is 17.1. The fourth-order valence-corrected chi connectivity index (χ4v) is 3.23. The average molecular weight is 460 g/mol. The molecular formula is C19H33IN4O. The molecule has 1 saturated heterocycles. The Hall–Kier alpha value is -0.860. The van der Waals surface area contributed by atoms with Gasteiger partial charge in [-0.1, -0.05) is 23.8 Å². The number of aryl methyl sites for hydroxylation is 2. The van der Waals surface area contributed by atoms with E-state index in [2.05, 4.69) is 66.7 Å².